The zero-order chi connectivity index (χ0) is 33.5. The smallest absolute Gasteiger partial charge is 0.143 e. The summed E-state index contributed by atoms with van der Waals surface area (Å²) >= 11 is 0. The van der Waals surface area contributed by atoms with Gasteiger partial charge in [0, 0.05) is 26.2 Å². The molecule has 0 saturated heterocycles. The van der Waals surface area contributed by atoms with Gasteiger partial charge in [-0.2, -0.15) is 0 Å². The second-order valence-electron chi connectivity index (χ2n) is 12.6. The topological polar surface area (TPSA) is 67.9 Å². The Balaban J connectivity index is 1.39. The molecule has 50 heavy (non-hydrogen) atoms. The number of rotatable bonds is 13. The Bertz CT molecular complexity index is 2010. The standard InChI is InChI=1S/C42H38N8/c1-5-17-33(18-6-1)29-47(30-34-19-7-2-8-20-34)41(49-39-27-15-13-25-37(39)43-45-49)42(50-40-28-16-14-26-38(40)44-46-50)48(31-35-21-9-3-10-22-35)32-36-23-11-4-12-24-36/h1-28,41-42H,29-32H2. The fraction of sp³-hybridized carbons (Fsp3) is 0.143. The van der Waals surface area contributed by atoms with Gasteiger partial charge in [-0.15, -0.1) is 10.2 Å². The van der Waals surface area contributed by atoms with E-state index in [1.54, 1.807) is 0 Å². The molecule has 0 N–H and O–H groups in total. The highest BCUT2D eigenvalue weighted by Gasteiger charge is 2.39. The largest absolute Gasteiger partial charge is 0.270 e. The van der Waals surface area contributed by atoms with E-state index in [0.29, 0.717) is 26.2 Å². The molecule has 8 aromatic rings. The molecule has 0 fully saturated rings. The van der Waals surface area contributed by atoms with Crippen molar-refractivity contribution in [3.05, 3.63) is 192 Å². The van der Waals surface area contributed by atoms with Crippen LogP contribution >= 0.6 is 0 Å². The van der Waals surface area contributed by atoms with Crippen LogP contribution in [0.25, 0.3) is 22.1 Å². The normalized spacial score (nSPS) is 12.9. The molecule has 2 aromatic heterocycles. The molecule has 0 amide bonds. The minimum absolute atomic E-state index is 0.375. The molecule has 8 nitrogen and oxygen atoms in total. The van der Waals surface area contributed by atoms with Gasteiger partial charge in [0.15, 0.2) is 0 Å². The Hall–Kier alpha value is -5.96. The summed E-state index contributed by atoms with van der Waals surface area (Å²) in [6, 6.07) is 59.1. The summed E-state index contributed by atoms with van der Waals surface area (Å²) in [6.07, 6.45) is -0.749. The summed E-state index contributed by atoms with van der Waals surface area (Å²) in [6.45, 7) is 2.68. The van der Waals surface area contributed by atoms with Crippen LogP contribution in [0.5, 0.6) is 0 Å². The van der Waals surface area contributed by atoms with E-state index in [1.165, 1.54) is 22.3 Å². The summed E-state index contributed by atoms with van der Waals surface area (Å²) in [4.78, 5) is 5.02. The fourth-order valence-electron chi connectivity index (χ4n) is 6.86. The van der Waals surface area contributed by atoms with Gasteiger partial charge in [0.2, 0.25) is 0 Å². The summed E-state index contributed by atoms with van der Waals surface area (Å²) in [5.74, 6) is 0. The molecule has 8 heteroatoms. The summed E-state index contributed by atoms with van der Waals surface area (Å²) in [5, 5.41) is 19.3. The van der Waals surface area contributed by atoms with Crippen molar-refractivity contribution < 1.29 is 0 Å². The lowest BCUT2D eigenvalue weighted by molar-refractivity contribution is -0.0320. The first-order chi connectivity index (χ1) is 24.8. The van der Waals surface area contributed by atoms with Crippen molar-refractivity contribution >= 4 is 22.1 Å². The van der Waals surface area contributed by atoms with Gasteiger partial charge in [-0.05, 0) is 46.5 Å². The summed E-state index contributed by atoms with van der Waals surface area (Å²) in [5.41, 5.74) is 8.43. The van der Waals surface area contributed by atoms with Crippen LogP contribution in [-0.2, 0) is 26.2 Å². The van der Waals surface area contributed by atoms with Crippen molar-refractivity contribution in [2.45, 2.75) is 38.5 Å². The Morgan fingerprint density at radius 2 is 0.640 bits per heavy atom. The van der Waals surface area contributed by atoms with Gasteiger partial charge >= 0.3 is 0 Å². The van der Waals surface area contributed by atoms with Gasteiger partial charge in [-0.3, -0.25) is 9.80 Å². The molecule has 6 aromatic carbocycles. The second-order valence-corrected chi connectivity index (χ2v) is 12.6. The molecule has 0 radical (unpaired) electrons. The van der Waals surface area contributed by atoms with Crippen LogP contribution in [0.15, 0.2) is 170 Å². The maximum absolute atomic E-state index is 4.94. The number of hydrogen-bond acceptors (Lipinski definition) is 6. The van der Waals surface area contributed by atoms with Crippen molar-refractivity contribution in [3.8, 4) is 0 Å². The van der Waals surface area contributed by atoms with E-state index in [1.807, 2.05) is 24.3 Å². The maximum Gasteiger partial charge on any atom is 0.143 e. The molecule has 0 saturated carbocycles. The first kappa shape index (κ1) is 31.3. The lowest BCUT2D eigenvalue weighted by Gasteiger charge is -2.42. The Morgan fingerprint density at radius 1 is 0.360 bits per heavy atom. The SMILES string of the molecule is c1ccc(CN(Cc2ccccc2)C(C(N(Cc2ccccc2)Cc2ccccc2)n2nnc3ccccc32)n2nnc3ccccc32)cc1. The third-order valence-corrected chi connectivity index (χ3v) is 9.18. The van der Waals surface area contributed by atoms with Crippen molar-refractivity contribution in [1.29, 1.82) is 0 Å². The van der Waals surface area contributed by atoms with Crippen LogP contribution in [0.3, 0.4) is 0 Å². The fourth-order valence-corrected chi connectivity index (χ4v) is 6.86. The van der Waals surface area contributed by atoms with Crippen molar-refractivity contribution in [1.82, 2.24) is 39.8 Å². The molecule has 0 aliphatic heterocycles. The Labute approximate surface area is 291 Å². The zero-order valence-electron chi connectivity index (χ0n) is 27.7. The predicted molar refractivity (Wildman–Crippen MR) is 197 cm³/mol. The molecule has 0 spiro atoms. The Morgan fingerprint density at radius 3 is 0.960 bits per heavy atom. The second kappa shape index (κ2) is 14.7. The lowest BCUT2D eigenvalue weighted by Crippen LogP contribution is -2.46. The van der Waals surface area contributed by atoms with Gasteiger partial charge in [0.1, 0.15) is 23.4 Å². The molecule has 0 aliphatic rings. The molecule has 246 valence electrons. The van der Waals surface area contributed by atoms with E-state index >= 15 is 0 Å². The van der Waals surface area contributed by atoms with Crippen LogP contribution in [0.4, 0.5) is 0 Å². The van der Waals surface area contributed by atoms with E-state index in [2.05, 4.69) is 165 Å². The first-order valence-electron chi connectivity index (χ1n) is 17.0. The molecular weight excluding hydrogens is 617 g/mol. The van der Waals surface area contributed by atoms with Crippen LogP contribution in [-0.4, -0.2) is 39.8 Å². The minimum atomic E-state index is -0.375. The first-order valence-corrected chi connectivity index (χ1v) is 17.0. The minimum Gasteiger partial charge on any atom is -0.270 e. The predicted octanol–water partition coefficient (Wildman–Crippen LogP) is 8.28. The monoisotopic (exact) mass is 654 g/mol. The number of aromatic nitrogens is 6. The lowest BCUT2D eigenvalue weighted by atomic mass is 10.1. The average Bonchev–Trinajstić information content (AvgIpc) is 3.80. The van der Waals surface area contributed by atoms with Crippen LogP contribution in [0.2, 0.25) is 0 Å². The molecule has 8 rings (SSSR count). The summed E-state index contributed by atoms with van der Waals surface area (Å²) < 4.78 is 4.20. The van der Waals surface area contributed by atoms with E-state index < -0.39 is 0 Å². The number of benzene rings is 6. The average molecular weight is 655 g/mol. The van der Waals surface area contributed by atoms with Gasteiger partial charge in [0.05, 0.1) is 11.0 Å². The zero-order valence-corrected chi connectivity index (χ0v) is 27.7. The van der Waals surface area contributed by atoms with Crippen LogP contribution in [0, 0.1) is 0 Å². The molecular formula is C42H38N8. The van der Waals surface area contributed by atoms with E-state index in [-0.39, 0.29) is 12.3 Å². The molecule has 2 atom stereocenters. The highest BCUT2D eigenvalue weighted by atomic mass is 15.6. The number of para-hydroxylation sites is 2. The van der Waals surface area contributed by atoms with E-state index in [9.17, 15) is 0 Å². The molecule has 0 aliphatic carbocycles. The quantitative estimate of drug-likeness (QED) is 0.125. The Kier molecular flexibility index (Phi) is 9.18. The van der Waals surface area contributed by atoms with Crippen molar-refractivity contribution in [2.24, 2.45) is 0 Å². The van der Waals surface area contributed by atoms with Gasteiger partial charge in [-0.1, -0.05) is 156 Å². The molecule has 2 unspecified atom stereocenters. The van der Waals surface area contributed by atoms with Gasteiger partial charge in [0.25, 0.3) is 0 Å². The van der Waals surface area contributed by atoms with Crippen molar-refractivity contribution in [3.63, 3.8) is 0 Å². The van der Waals surface area contributed by atoms with Crippen LogP contribution in [0.1, 0.15) is 34.6 Å². The number of nitrogens with zero attached hydrogens (tertiary/aromatic N) is 8. The summed E-state index contributed by atoms with van der Waals surface area (Å²) in [7, 11) is 0. The molecule has 0 bridgehead atoms. The van der Waals surface area contributed by atoms with Gasteiger partial charge < -0.3 is 0 Å². The number of fused-ring (bicyclic) bond motifs is 2. The van der Waals surface area contributed by atoms with E-state index in [0.717, 1.165) is 22.1 Å². The highest BCUT2D eigenvalue weighted by Crippen LogP contribution is 2.37. The third-order valence-electron chi connectivity index (χ3n) is 9.18. The molecule has 2 heterocycles. The maximum atomic E-state index is 4.94. The third kappa shape index (κ3) is 6.80. The highest BCUT2D eigenvalue weighted by molar-refractivity contribution is 5.75. The van der Waals surface area contributed by atoms with Crippen LogP contribution < -0.4 is 0 Å². The van der Waals surface area contributed by atoms with E-state index in [4.69, 9.17) is 20.6 Å². The van der Waals surface area contributed by atoms with Gasteiger partial charge in [-0.25, -0.2) is 9.36 Å². The number of hydrogen-bond donors (Lipinski definition) is 0. The van der Waals surface area contributed by atoms with Crippen molar-refractivity contribution in [2.75, 3.05) is 0 Å².